The van der Waals surface area contributed by atoms with E-state index in [-0.39, 0.29) is 0 Å². The minimum atomic E-state index is 0.615. The molecule has 25 heavy (non-hydrogen) atoms. The van der Waals surface area contributed by atoms with Gasteiger partial charge in [-0.05, 0) is 26.8 Å². The van der Waals surface area contributed by atoms with Crippen LogP contribution in [0.2, 0.25) is 0 Å². The Hall–Kier alpha value is -2.50. The van der Waals surface area contributed by atoms with Gasteiger partial charge in [-0.15, -0.1) is 0 Å². The lowest BCUT2D eigenvalue weighted by atomic mass is 10.2. The van der Waals surface area contributed by atoms with Crippen molar-refractivity contribution in [3.63, 3.8) is 0 Å². The second kappa shape index (κ2) is 8.55. The number of methoxy groups -OCH3 is 1. The van der Waals surface area contributed by atoms with Crippen molar-refractivity contribution in [2.45, 2.75) is 33.9 Å². The van der Waals surface area contributed by atoms with E-state index in [9.17, 15) is 0 Å². The quantitative estimate of drug-likeness (QED) is 0.647. The maximum atomic E-state index is 5.45. The van der Waals surface area contributed by atoms with Crippen LogP contribution >= 0.6 is 0 Å². The fourth-order valence-corrected chi connectivity index (χ4v) is 2.83. The first-order valence-corrected chi connectivity index (χ1v) is 8.58. The summed E-state index contributed by atoms with van der Waals surface area (Å²) in [6.07, 6.45) is 0. The molecular formula is C19H29N5O. The third-order valence-electron chi connectivity index (χ3n) is 4.34. The van der Waals surface area contributed by atoms with Crippen LogP contribution in [0.3, 0.4) is 0 Å². The maximum Gasteiger partial charge on any atom is 0.194 e. The summed E-state index contributed by atoms with van der Waals surface area (Å²) in [5.41, 5.74) is 4.51. The number of rotatable bonds is 6. The van der Waals surface area contributed by atoms with Gasteiger partial charge in [-0.2, -0.15) is 5.10 Å². The largest absolute Gasteiger partial charge is 0.496 e. The molecule has 0 aliphatic heterocycles. The van der Waals surface area contributed by atoms with Gasteiger partial charge in [0.15, 0.2) is 5.96 Å². The normalized spacial score (nSPS) is 11.5. The van der Waals surface area contributed by atoms with Gasteiger partial charge in [0, 0.05) is 44.0 Å². The molecule has 0 saturated heterocycles. The second-order valence-corrected chi connectivity index (χ2v) is 6.11. The highest BCUT2D eigenvalue weighted by molar-refractivity contribution is 5.79. The lowest BCUT2D eigenvalue weighted by Crippen LogP contribution is -2.38. The van der Waals surface area contributed by atoms with Gasteiger partial charge in [0.2, 0.25) is 0 Å². The first-order valence-electron chi connectivity index (χ1n) is 8.58. The van der Waals surface area contributed by atoms with Crippen molar-refractivity contribution in [2.75, 3.05) is 20.7 Å². The van der Waals surface area contributed by atoms with Crippen LogP contribution in [-0.4, -0.2) is 41.3 Å². The van der Waals surface area contributed by atoms with Crippen LogP contribution in [-0.2, 0) is 20.1 Å². The Morgan fingerprint density at radius 3 is 2.64 bits per heavy atom. The fourth-order valence-electron chi connectivity index (χ4n) is 2.83. The molecule has 0 aliphatic rings. The van der Waals surface area contributed by atoms with E-state index in [1.807, 2.05) is 43.9 Å². The zero-order valence-corrected chi connectivity index (χ0v) is 16.1. The standard InChI is InChI=1S/C19H29N5O/c1-7-20-19(21-12-17-14(2)22-24(5)15(17)3)23(4)13-16-10-8-9-11-18(16)25-6/h8-11H,7,12-13H2,1-6H3,(H,20,21). The number of benzene rings is 1. The molecule has 1 aromatic carbocycles. The number of ether oxygens (including phenoxy) is 1. The monoisotopic (exact) mass is 343 g/mol. The van der Waals surface area contributed by atoms with E-state index >= 15 is 0 Å². The van der Waals surface area contributed by atoms with Gasteiger partial charge in [0.05, 0.1) is 19.3 Å². The topological polar surface area (TPSA) is 54.7 Å². The molecule has 0 atom stereocenters. The van der Waals surface area contributed by atoms with Crippen molar-refractivity contribution >= 4 is 5.96 Å². The fraction of sp³-hybridized carbons (Fsp3) is 0.474. The van der Waals surface area contributed by atoms with Gasteiger partial charge in [0.1, 0.15) is 5.75 Å². The van der Waals surface area contributed by atoms with E-state index in [0.717, 1.165) is 41.7 Å². The molecule has 6 nitrogen and oxygen atoms in total. The predicted octanol–water partition coefficient (Wildman–Crippen LogP) is 2.64. The Kier molecular flexibility index (Phi) is 6.44. The Morgan fingerprint density at radius 2 is 2.04 bits per heavy atom. The number of nitrogens with zero attached hydrogens (tertiary/aromatic N) is 4. The molecule has 0 saturated carbocycles. The molecule has 1 aromatic heterocycles. The third kappa shape index (κ3) is 4.53. The molecule has 0 radical (unpaired) electrons. The molecule has 2 rings (SSSR count). The lowest BCUT2D eigenvalue weighted by molar-refractivity contribution is 0.396. The van der Waals surface area contributed by atoms with Crippen LogP contribution in [0, 0.1) is 13.8 Å². The van der Waals surface area contributed by atoms with Gasteiger partial charge >= 0.3 is 0 Å². The molecule has 1 N–H and O–H groups in total. The van der Waals surface area contributed by atoms with Gasteiger partial charge in [-0.1, -0.05) is 18.2 Å². The average molecular weight is 343 g/mol. The molecule has 2 aromatic rings. The molecule has 0 aliphatic carbocycles. The van der Waals surface area contributed by atoms with Gasteiger partial charge in [0.25, 0.3) is 0 Å². The molecule has 136 valence electrons. The van der Waals surface area contributed by atoms with Crippen molar-refractivity contribution in [2.24, 2.45) is 12.0 Å². The molecule has 0 spiro atoms. The summed E-state index contributed by atoms with van der Waals surface area (Å²) < 4.78 is 7.36. The number of aryl methyl sites for hydroxylation is 2. The lowest BCUT2D eigenvalue weighted by Gasteiger charge is -2.23. The van der Waals surface area contributed by atoms with Gasteiger partial charge in [-0.3, -0.25) is 4.68 Å². The van der Waals surface area contributed by atoms with Crippen LogP contribution in [0.5, 0.6) is 5.75 Å². The van der Waals surface area contributed by atoms with E-state index in [4.69, 9.17) is 9.73 Å². The van der Waals surface area contributed by atoms with Crippen LogP contribution in [0.15, 0.2) is 29.3 Å². The highest BCUT2D eigenvalue weighted by Gasteiger charge is 2.12. The van der Waals surface area contributed by atoms with Gasteiger partial charge < -0.3 is 15.0 Å². The summed E-state index contributed by atoms with van der Waals surface area (Å²) in [7, 11) is 5.71. The summed E-state index contributed by atoms with van der Waals surface area (Å²) in [4.78, 5) is 6.92. The predicted molar refractivity (Wildman–Crippen MR) is 102 cm³/mol. The summed E-state index contributed by atoms with van der Waals surface area (Å²) in [5, 5.41) is 7.83. The third-order valence-corrected chi connectivity index (χ3v) is 4.34. The van der Waals surface area contributed by atoms with Gasteiger partial charge in [-0.25, -0.2) is 4.99 Å². The van der Waals surface area contributed by atoms with Crippen LogP contribution in [0.1, 0.15) is 29.4 Å². The van der Waals surface area contributed by atoms with Crippen LogP contribution in [0.25, 0.3) is 0 Å². The summed E-state index contributed by atoms with van der Waals surface area (Å²) >= 11 is 0. The SMILES string of the molecule is CCNC(=NCc1c(C)nn(C)c1C)N(C)Cc1ccccc1OC. The van der Waals surface area contributed by atoms with Crippen molar-refractivity contribution in [1.29, 1.82) is 0 Å². The number of hydrogen-bond acceptors (Lipinski definition) is 3. The number of aliphatic imine (C=N–C) groups is 1. The Labute approximate surface area is 150 Å². The molecule has 6 heteroatoms. The number of aromatic nitrogens is 2. The van der Waals surface area contributed by atoms with Crippen LogP contribution in [0.4, 0.5) is 0 Å². The van der Waals surface area contributed by atoms with E-state index in [0.29, 0.717) is 6.54 Å². The second-order valence-electron chi connectivity index (χ2n) is 6.11. The molecule has 0 unspecified atom stereocenters. The highest BCUT2D eigenvalue weighted by Crippen LogP contribution is 2.19. The van der Waals surface area contributed by atoms with Crippen molar-refractivity contribution in [3.8, 4) is 5.75 Å². The summed E-state index contributed by atoms with van der Waals surface area (Å²) in [6, 6.07) is 8.07. The maximum absolute atomic E-state index is 5.45. The molecule has 0 amide bonds. The molecule has 0 bridgehead atoms. The number of hydrogen-bond donors (Lipinski definition) is 1. The zero-order chi connectivity index (χ0) is 18.4. The molecule has 0 fully saturated rings. The van der Waals surface area contributed by atoms with E-state index in [1.54, 1.807) is 7.11 Å². The van der Waals surface area contributed by atoms with E-state index in [1.165, 1.54) is 5.56 Å². The Balaban J connectivity index is 2.18. The highest BCUT2D eigenvalue weighted by atomic mass is 16.5. The minimum Gasteiger partial charge on any atom is -0.496 e. The zero-order valence-electron chi connectivity index (χ0n) is 16.1. The number of guanidine groups is 1. The summed E-state index contributed by atoms with van der Waals surface area (Å²) in [5.74, 6) is 1.76. The Bertz CT molecular complexity index is 735. The summed E-state index contributed by atoms with van der Waals surface area (Å²) in [6.45, 7) is 8.34. The van der Waals surface area contributed by atoms with E-state index < -0.39 is 0 Å². The van der Waals surface area contributed by atoms with Crippen molar-refractivity contribution in [1.82, 2.24) is 20.0 Å². The van der Waals surface area contributed by atoms with Crippen molar-refractivity contribution in [3.05, 3.63) is 46.8 Å². The first kappa shape index (κ1) is 18.8. The van der Waals surface area contributed by atoms with E-state index in [2.05, 4.69) is 35.2 Å². The molecular weight excluding hydrogens is 314 g/mol. The number of nitrogens with one attached hydrogen (secondary N) is 1. The molecule has 1 heterocycles. The smallest absolute Gasteiger partial charge is 0.194 e. The minimum absolute atomic E-state index is 0.615. The first-order chi connectivity index (χ1) is 12.0. The average Bonchev–Trinajstić information content (AvgIpc) is 2.84. The number of para-hydroxylation sites is 1. The van der Waals surface area contributed by atoms with Crippen LogP contribution < -0.4 is 10.1 Å². The Morgan fingerprint density at radius 1 is 1.32 bits per heavy atom. The van der Waals surface area contributed by atoms with Crippen molar-refractivity contribution < 1.29 is 4.74 Å².